The van der Waals surface area contributed by atoms with Crippen molar-refractivity contribution in [3.63, 3.8) is 0 Å². The van der Waals surface area contributed by atoms with Crippen LogP contribution in [0, 0.1) is 5.92 Å². The summed E-state index contributed by atoms with van der Waals surface area (Å²) >= 11 is 0. The molecular weight excluding hydrogens is 302 g/mol. The Morgan fingerprint density at radius 1 is 1.17 bits per heavy atom. The van der Waals surface area contributed by atoms with E-state index in [9.17, 15) is 9.59 Å². The van der Waals surface area contributed by atoms with Crippen LogP contribution in [0.4, 0.5) is 0 Å². The van der Waals surface area contributed by atoms with Crippen LogP contribution >= 0.6 is 0 Å². The summed E-state index contributed by atoms with van der Waals surface area (Å²) in [6.45, 7) is 5.00. The molecule has 2 aromatic rings. The second kappa shape index (κ2) is 7.04. The first-order chi connectivity index (χ1) is 11.6. The number of amides is 1. The molecule has 1 amide bonds. The maximum atomic E-state index is 13.0. The number of hydrogen-bond acceptors (Lipinski definition) is 3. The van der Waals surface area contributed by atoms with E-state index in [0.717, 1.165) is 17.2 Å². The van der Waals surface area contributed by atoms with Crippen molar-refractivity contribution in [3.8, 4) is 0 Å². The van der Waals surface area contributed by atoms with E-state index in [0.29, 0.717) is 25.1 Å². The van der Waals surface area contributed by atoms with Gasteiger partial charge in [0.2, 0.25) is 0 Å². The molecule has 24 heavy (non-hydrogen) atoms. The standard InChI is InChI=1S/C20H23NO3/c1-14(2)13-24-20(23)18-11-6-12-21(18)19(22)17-10-5-8-15-7-3-4-9-16(15)17/h3-5,7-10,14,18H,6,11-13H2,1-2H3. The van der Waals surface area contributed by atoms with Gasteiger partial charge in [0.1, 0.15) is 6.04 Å². The number of carbonyl (C=O) groups is 2. The molecule has 1 heterocycles. The molecule has 1 aliphatic heterocycles. The lowest BCUT2D eigenvalue weighted by Crippen LogP contribution is -2.41. The van der Waals surface area contributed by atoms with E-state index in [4.69, 9.17) is 4.74 Å². The Morgan fingerprint density at radius 3 is 2.71 bits per heavy atom. The molecule has 0 saturated carbocycles. The van der Waals surface area contributed by atoms with E-state index < -0.39 is 6.04 Å². The van der Waals surface area contributed by atoms with Crippen molar-refractivity contribution in [2.75, 3.05) is 13.2 Å². The van der Waals surface area contributed by atoms with E-state index in [1.165, 1.54) is 0 Å². The molecule has 3 rings (SSSR count). The normalized spacial score (nSPS) is 17.5. The van der Waals surface area contributed by atoms with Gasteiger partial charge in [0.15, 0.2) is 0 Å². The molecule has 1 fully saturated rings. The summed E-state index contributed by atoms with van der Waals surface area (Å²) < 4.78 is 5.36. The zero-order valence-corrected chi connectivity index (χ0v) is 14.2. The molecule has 4 heteroatoms. The monoisotopic (exact) mass is 325 g/mol. The lowest BCUT2D eigenvalue weighted by atomic mass is 10.0. The first-order valence-corrected chi connectivity index (χ1v) is 8.53. The summed E-state index contributed by atoms with van der Waals surface area (Å²) in [5, 5.41) is 1.95. The summed E-state index contributed by atoms with van der Waals surface area (Å²) in [5.41, 5.74) is 0.650. The molecular formula is C20H23NO3. The van der Waals surface area contributed by atoms with Gasteiger partial charge in [-0.05, 0) is 35.6 Å². The first kappa shape index (κ1) is 16.5. The number of ether oxygens (including phenoxy) is 1. The maximum Gasteiger partial charge on any atom is 0.328 e. The quantitative estimate of drug-likeness (QED) is 0.806. The lowest BCUT2D eigenvalue weighted by Gasteiger charge is -2.24. The van der Waals surface area contributed by atoms with Crippen molar-refractivity contribution in [2.45, 2.75) is 32.7 Å². The SMILES string of the molecule is CC(C)COC(=O)C1CCCN1C(=O)c1cccc2ccccc12. The van der Waals surface area contributed by atoms with Crippen molar-refractivity contribution in [1.29, 1.82) is 0 Å². The zero-order chi connectivity index (χ0) is 17.1. The summed E-state index contributed by atoms with van der Waals surface area (Å²) in [6, 6.07) is 13.1. The summed E-state index contributed by atoms with van der Waals surface area (Å²) in [4.78, 5) is 27.0. The van der Waals surface area contributed by atoms with Gasteiger partial charge in [-0.25, -0.2) is 4.79 Å². The van der Waals surface area contributed by atoms with Gasteiger partial charge < -0.3 is 9.64 Å². The van der Waals surface area contributed by atoms with E-state index in [1.54, 1.807) is 4.90 Å². The zero-order valence-electron chi connectivity index (χ0n) is 14.2. The highest BCUT2D eigenvalue weighted by atomic mass is 16.5. The van der Waals surface area contributed by atoms with Crippen LogP contribution < -0.4 is 0 Å². The Morgan fingerprint density at radius 2 is 1.92 bits per heavy atom. The Hall–Kier alpha value is -2.36. The van der Waals surface area contributed by atoms with Gasteiger partial charge >= 0.3 is 5.97 Å². The number of likely N-dealkylation sites (tertiary alicyclic amines) is 1. The molecule has 2 aromatic carbocycles. The van der Waals surface area contributed by atoms with Crippen LogP contribution in [-0.2, 0) is 9.53 Å². The number of hydrogen-bond donors (Lipinski definition) is 0. The molecule has 1 aliphatic rings. The van der Waals surface area contributed by atoms with Crippen LogP contribution in [0.15, 0.2) is 42.5 Å². The predicted molar refractivity (Wildman–Crippen MR) is 93.8 cm³/mol. The second-order valence-corrected chi connectivity index (χ2v) is 6.71. The van der Waals surface area contributed by atoms with E-state index >= 15 is 0 Å². The highest BCUT2D eigenvalue weighted by Crippen LogP contribution is 2.25. The number of benzene rings is 2. The fourth-order valence-corrected chi connectivity index (χ4v) is 3.17. The van der Waals surface area contributed by atoms with Gasteiger partial charge in [-0.2, -0.15) is 0 Å². The van der Waals surface area contributed by atoms with Gasteiger partial charge in [-0.3, -0.25) is 4.79 Å². The Kier molecular flexibility index (Phi) is 4.84. The molecule has 4 nitrogen and oxygen atoms in total. The molecule has 0 aromatic heterocycles. The predicted octanol–water partition coefficient (Wildman–Crippen LogP) is 3.64. The van der Waals surface area contributed by atoms with Crippen molar-refractivity contribution in [3.05, 3.63) is 48.0 Å². The van der Waals surface area contributed by atoms with Crippen LogP contribution in [0.25, 0.3) is 10.8 Å². The van der Waals surface area contributed by atoms with Crippen molar-refractivity contribution < 1.29 is 14.3 Å². The summed E-state index contributed by atoms with van der Waals surface area (Å²) in [5.74, 6) is -0.0804. The lowest BCUT2D eigenvalue weighted by molar-refractivity contribution is -0.149. The molecule has 0 spiro atoms. The smallest absolute Gasteiger partial charge is 0.328 e. The van der Waals surface area contributed by atoms with Crippen LogP contribution in [0.5, 0.6) is 0 Å². The fraction of sp³-hybridized carbons (Fsp3) is 0.400. The number of nitrogens with zero attached hydrogens (tertiary/aromatic N) is 1. The average molecular weight is 325 g/mol. The molecule has 1 unspecified atom stereocenters. The third kappa shape index (κ3) is 3.28. The minimum atomic E-state index is -0.463. The maximum absolute atomic E-state index is 13.0. The largest absolute Gasteiger partial charge is 0.464 e. The summed E-state index contributed by atoms with van der Waals surface area (Å²) in [6.07, 6.45) is 1.51. The van der Waals surface area contributed by atoms with Crippen LogP contribution in [0.1, 0.15) is 37.0 Å². The topological polar surface area (TPSA) is 46.6 Å². The number of rotatable bonds is 4. The van der Waals surface area contributed by atoms with E-state index in [1.807, 2.05) is 56.3 Å². The molecule has 0 aliphatic carbocycles. The Balaban J connectivity index is 1.84. The van der Waals surface area contributed by atoms with E-state index in [-0.39, 0.29) is 17.8 Å². The van der Waals surface area contributed by atoms with Gasteiger partial charge in [-0.15, -0.1) is 0 Å². The van der Waals surface area contributed by atoms with Crippen molar-refractivity contribution >= 4 is 22.6 Å². The fourth-order valence-electron chi connectivity index (χ4n) is 3.17. The first-order valence-electron chi connectivity index (χ1n) is 8.53. The van der Waals surface area contributed by atoms with Gasteiger partial charge in [0.25, 0.3) is 5.91 Å². The van der Waals surface area contributed by atoms with Crippen LogP contribution in [0.3, 0.4) is 0 Å². The minimum Gasteiger partial charge on any atom is -0.464 e. The molecule has 1 saturated heterocycles. The van der Waals surface area contributed by atoms with Gasteiger partial charge in [0.05, 0.1) is 6.61 Å². The molecule has 0 N–H and O–H groups in total. The Bertz CT molecular complexity index is 748. The van der Waals surface area contributed by atoms with Crippen molar-refractivity contribution in [2.24, 2.45) is 5.92 Å². The molecule has 0 bridgehead atoms. The van der Waals surface area contributed by atoms with E-state index in [2.05, 4.69) is 0 Å². The minimum absolute atomic E-state index is 0.0872. The number of carbonyl (C=O) groups excluding carboxylic acids is 2. The third-order valence-corrected chi connectivity index (χ3v) is 4.36. The Labute approximate surface area is 142 Å². The molecule has 0 radical (unpaired) electrons. The van der Waals surface area contributed by atoms with Crippen LogP contribution in [-0.4, -0.2) is 36.0 Å². The van der Waals surface area contributed by atoms with Crippen molar-refractivity contribution in [1.82, 2.24) is 4.90 Å². The average Bonchev–Trinajstić information content (AvgIpc) is 3.08. The summed E-state index contributed by atoms with van der Waals surface area (Å²) in [7, 11) is 0. The molecule has 1 atom stereocenters. The van der Waals surface area contributed by atoms with Gasteiger partial charge in [-0.1, -0.05) is 50.2 Å². The highest BCUT2D eigenvalue weighted by molar-refractivity contribution is 6.08. The van der Waals surface area contributed by atoms with Gasteiger partial charge in [0, 0.05) is 12.1 Å². The number of esters is 1. The van der Waals surface area contributed by atoms with Crippen LogP contribution in [0.2, 0.25) is 0 Å². The number of fused-ring (bicyclic) bond motifs is 1. The molecule has 126 valence electrons. The third-order valence-electron chi connectivity index (χ3n) is 4.36. The highest BCUT2D eigenvalue weighted by Gasteiger charge is 2.36. The second-order valence-electron chi connectivity index (χ2n) is 6.71.